The third-order valence-electron chi connectivity index (χ3n) is 3.75. The molecule has 1 heterocycles. The molecule has 14 heavy (non-hydrogen) atoms. The Morgan fingerprint density at radius 3 is 2.71 bits per heavy atom. The standard InChI is InChI=1S/C11H19NO2/c1-2-9-3-5-11(6-4-9)7-8-12-10(13)14-11/h9H,2-8H2,1H3,(H,12,13). The Morgan fingerprint density at radius 2 is 2.14 bits per heavy atom. The molecule has 0 aromatic rings. The molecule has 2 rings (SSSR count). The second-order valence-corrected chi connectivity index (χ2v) is 4.60. The number of amides is 1. The summed E-state index contributed by atoms with van der Waals surface area (Å²) in [5.41, 5.74) is -0.103. The molecule has 0 aromatic heterocycles. The second-order valence-electron chi connectivity index (χ2n) is 4.60. The molecular formula is C11H19NO2. The lowest BCUT2D eigenvalue weighted by Gasteiger charge is -2.41. The summed E-state index contributed by atoms with van der Waals surface area (Å²) in [4.78, 5) is 11.2. The van der Waals surface area contributed by atoms with E-state index in [-0.39, 0.29) is 11.7 Å². The summed E-state index contributed by atoms with van der Waals surface area (Å²) < 4.78 is 5.46. The highest BCUT2D eigenvalue weighted by Crippen LogP contribution is 2.39. The smallest absolute Gasteiger partial charge is 0.407 e. The number of alkyl carbamates (subject to hydrolysis) is 1. The fourth-order valence-electron chi connectivity index (χ4n) is 2.64. The van der Waals surface area contributed by atoms with Gasteiger partial charge in [-0.25, -0.2) is 4.79 Å². The normalized spacial score (nSPS) is 37.8. The Kier molecular flexibility index (Phi) is 2.66. The van der Waals surface area contributed by atoms with Crippen molar-refractivity contribution < 1.29 is 9.53 Å². The van der Waals surface area contributed by atoms with Crippen molar-refractivity contribution in [1.29, 1.82) is 0 Å². The minimum absolute atomic E-state index is 0.103. The van der Waals surface area contributed by atoms with Gasteiger partial charge in [-0.05, 0) is 31.6 Å². The van der Waals surface area contributed by atoms with Crippen LogP contribution in [-0.4, -0.2) is 18.2 Å². The van der Waals surface area contributed by atoms with E-state index >= 15 is 0 Å². The monoisotopic (exact) mass is 197 g/mol. The predicted octanol–water partition coefficient (Wildman–Crippen LogP) is 2.46. The van der Waals surface area contributed by atoms with E-state index in [9.17, 15) is 4.79 Å². The van der Waals surface area contributed by atoms with Crippen molar-refractivity contribution in [2.75, 3.05) is 6.54 Å². The van der Waals surface area contributed by atoms with Crippen LogP contribution in [0.5, 0.6) is 0 Å². The van der Waals surface area contributed by atoms with Gasteiger partial charge in [-0.2, -0.15) is 0 Å². The Bertz CT molecular complexity index is 219. The number of ether oxygens (including phenoxy) is 1. The quantitative estimate of drug-likeness (QED) is 0.701. The predicted molar refractivity (Wildman–Crippen MR) is 54.1 cm³/mol. The number of rotatable bonds is 1. The molecule has 80 valence electrons. The minimum atomic E-state index is -0.216. The molecule has 1 aliphatic heterocycles. The summed E-state index contributed by atoms with van der Waals surface area (Å²) >= 11 is 0. The van der Waals surface area contributed by atoms with Crippen LogP contribution in [0.4, 0.5) is 4.79 Å². The lowest BCUT2D eigenvalue weighted by Crippen LogP contribution is -2.49. The van der Waals surface area contributed by atoms with Crippen LogP contribution >= 0.6 is 0 Å². The maximum atomic E-state index is 11.2. The second kappa shape index (κ2) is 3.79. The molecule has 2 fully saturated rings. The van der Waals surface area contributed by atoms with Gasteiger partial charge in [0.15, 0.2) is 0 Å². The lowest BCUT2D eigenvalue weighted by atomic mass is 9.76. The number of carbonyl (C=O) groups excluding carboxylic acids is 1. The Balaban J connectivity index is 1.94. The Labute approximate surface area is 85.2 Å². The largest absolute Gasteiger partial charge is 0.443 e. The van der Waals surface area contributed by atoms with Crippen molar-refractivity contribution in [3.8, 4) is 0 Å². The first kappa shape index (κ1) is 9.81. The van der Waals surface area contributed by atoms with E-state index in [4.69, 9.17) is 4.74 Å². The molecule has 0 radical (unpaired) electrons. The molecule has 3 heteroatoms. The highest BCUT2D eigenvalue weighted by atomic mass is 16.6. The van der Waals surface area contributed by atoms with E-state index in [2.05, 4.69) is 12.2 Å². The molecule has 1 amide bonds. The lowest BCUT2D eigenvalue weighted by molar-refractivity contribution is -0.0472. The van der Waals surface area contributed by atoms with Crippen LogP contribution in [0.25, 0.3) is 0 Å². The fraction of sp³-hybridized carbons (Fsp3) is 0.909. The van der Waals surface area contributed by atoms with Gasteiger partial charge >= 0.3 is 6.09 Å². The van der Waals surface area contributed by atoms with Gasteiger partial charge in [-0.3, -0.25) is 0 Å². The molecule has 1 saturated heterocycles. The SMILES string of the molecule is CCC1CCC2(CCNC(=O)O2)CC1. The van der Waals surface area contributed by atoms with Crippen molar-refractivity contribution in [2.45, 2.75) is 51.0 Å². The van der Waals surface area contributed by atoms with Crippen molar-refractivity contribution in [3.63, 3.8) is 0 Å². The van der Waals surface area contributed by atoms with Gasteiger partial charge in [0.05, 0.1) is 0 Å². The average molecular weight is 197 g/mol. The molecule has 1 N–H and O–H groups in total. The zero-order valence-electron chi connectivity index (χ0n) is 8.84. The van der Waals surface area contributed by atoms with Crippen LogP contribution in [0, 0.1) is 5.92 Å². The first-order chi connectivity index (χ1) is 6.74. The van der Waals surface area contributed by atoms with E-state index in [1.54, 1.807) is 0 Å². The fourth-order valence-corrected chi connectivity index (χ4v) is 2.64. The third-order valence-corrected chi connectivity index (χ3v) is 3.75. The molecule has 2 aliphatic rings. The van der Waals surface area contributed by atoms with Crippen LogP contribution in [0.3, 0.4) is 0 Å². The zero-order chi connectivity index (χ0) is 10.0. The third kappa shape index (κ3) is 1.86. The van der Waals surface area contributed by atoms with E-state index < -0.39 is 0 Å². The van der Waals surface area contributed by atoms with Gasteiger partial charge < -0.3 is 10.1 Å². The number of hydrogen-bond acceptors (Lipinski definition) is 2. The summed E-state index contributed by atoms with van der Waals surface area (Å²) in [6.07, 6.45) is 6.63. The maximum Gasteiger partial charge on any atom is 0.407 e. The van der Waals surface area contributed by atoms with E-state index in [1.165, 1.54) is 19.3 Å². The molecule has 0 unspecified atom stereocenters. The Morgan fingerprint density at radius 1 is 1.43 bits per heavy atom. The summed E-state index contributed by atoms with van der Waals surface area (Å²) in [6.45, 7) is 3.03. The van der Waals surface area contributed by atoms with Crippen LogP contribution in [0.1, 0.15) is 45.4 Å². The molecule has 3 nitrogen and oxygen atoms in total. The van der Waals surface area contributed by atoms with Gasteiger partial charge in [0.2, 0.25) is 0 Å². The van der Waals surface area contributed by atoms with Crippen molar-refractivity contribution in [2.24, 2.45) is 5.92 Å². The topological polar surface area (TPSA) is 38.3 Å². The summed E-state index contributed by atoms with van der Waals surface area (Å²) in [6, 6.07) is 0. The summed E-state index contributed by atoms with van der Waals surface area (Å²) in [5.74, 6) is 0.856. The van der Waals surface area contributed by atoms with Crippen LogP contribution in [0.2, 0.25) is 0 Å². The van der Waals surface area contributed by atoms with Gasteiger partial charge in [0.25, 0.3) is 0 Å². The highest BCUT2D eigenvalue weighted by molar-refractivity contribution is 5.68. The van der Waals surface area contributed by atoms with Crippen LogP contribution in [0.15, 0.2) is 0 Å². The zero-order valence-corrected chi connectivity index (χ0v) is 8.84. The van der Waals surface area contributed by atoms with Gasteiger partial charge in [0, 0.05) is 13.0 Å². The summed E-state index contributed by atoms with van der Waals surface area (Å²) in [7, 11) is 0. The van der Waals surface area contributed by atoms with E-state index in [0.29, 0.717) is 0 Å². The van der Waals surface area contributed by atoms with Crippen molar-refractivity contribution in [3.05, 3.63) is 0 Å². The first-order valence-electron chi connectivity index (χ1n) is 5.71. The average Bonchev–Trinajstić information content (AvgIpc) is 2.19. The van der Waals surface area contributed by atoms with E-state index in [1.807, 2.05) is 0 Å². The van der Waals surface area contributed by atoms with Crippen LogP contribution < -0.4 is 5.32 Å². The maximum absolute atomic E-state index is 11.2. The Hall–Kier alpha value is -0.730. The number of carbonyl (C=O) groups is 1. The van der Waals surface area contributed by atoms with Gasteiger partial charge in [0.1, 0.15) is 5.60 Å². The molecule has 1 saturated carbocycles. The molecule has 1 spiro atoms. The van der Waals surface area contributed by atoms with Gasteiger partial charge in [-0.1, -0.05) is 13.3 Å². The molecule has 1 aliphatic carbocycles. The molecule has 0 atom stereocenters. The minimum Gasteiger partial charge on any atom is -0.443 e. The van der Waals surface area contributed by atoms with Crippen molar-refractivity contribution in [1.82, 2.24) is 5.32 Å². The number of hydrogen-bond donors (Lipinski definition) is 1. The van der Waals surface area contributed by atoms with Gasteiger partial charge in [-0.15, -0.1) is 0 Å². The van der Waals surface area contributed by atoms with E-state index in [0.717, 1.165) is 31.7 Å². The molecular weight excluding hydrogens is 178 g/mol. The molecule has 0 aromatic carbocycles. The first-order valence-corrected chi connectivity index (χ1v) is 5.71. The highest BCUT2D eigenvalue weighted by Gasteiger charge is 2.40. The van der Waals surface area contributed by atoms with Crippen LogP contribution in [-0.2, 0) is 4.74 Å². The number of nitrogens with one attached hydrogen (secondary N) is 1. The van der Waals surface area contributed by atoms with Crippen molar-refractivity contribution >= 4 is 6.09 Å². The molecule has 0 bridgehead atoms. The summed E-state index contributed by atoms with van der Waals surface area (Å²) in [5, 5.41) is 2.72.